The second-order valence-corrected chi connectivity index (χ2v) is 7.05. The summed E-state index contributed by atoms with van der Waals surface area (Å²) in [5.41, 5.74) is 1.50. The maximum Gasteiger partial charge on any atom is 0.273 e. The van der Waals surface area contributed by atoms with Crippen LogP contribution in [0, 0.1) is 13.8 Å². The first kappa shape index (κ1) is 16.8. The van der Waals surface area contributed by atoms with Gasteiger partial charge < -0.3 is 14.6 Å². The highest BCUT2D eigenvalue weighted by Crippen LogP contribution is 2.34. The molecule has 4 rings (SSSR count). The van der Waals surface area contributed by atoms with Crippen LogP contribution in [0.1, 0.15) is 30.1 Å². The number of nitrogens with zero attached hydrogens (tertiary/aromatic N) is 3. The Bertz CT molecular complexity index is 860. The van der Waals surface area contributed by atoms with Crippen molar-refractivity contribution in [2.75, 3.05) is 18.4 Å². The molecule has 26 heavy (non-hydrogen) atoms. The van der Waals surface area contributed by atoms with Crippen molar-refractivity contribution in [3.63, 3.8) is 0 Å². The molecule has 1 fully saturated rings. The smallest absolute Gasteiger partial charge is 0.273 e. The van der Waals surface area contributed by atoms with Gasteiger partial charge in [-0.2, -0.15) is 0 Å². The zero-order valence-corrected chi connectivity index (χ0v) is 15.0. The molecule has 1 amide bonds. The lowest BCUT2D eigenvalue weighted by atomic mass is 9.96. The Labute approximate surface area is 152 Å². The van der Waals surface area contributed by atoms with Crippen LogP contribution in [0.4, 0.5) is 5.69 Å². The Morgan fingerprint density at radius 1 is 1.35 bits per heavy atom. The number of pyridine rings is 1. The van der Waals surface area contributed by atoms with E-state index in [9.17, 15) is 4.79 Å². The van der Waals surface area contributed by atoms with Crippen LogP contribution in [0.5, 0.6) is 0 Å². The van der Waals surface area contributed by atoms with Gasteiger partial charge in [-0.3, -0.25) is 14.7 Å². The minimum atomic E-state index is -0.404. The minimum absolute atomic E-state index is 0.224. The number of hydrogen-bond acceptors (Lipinski definition) is 6. The molecule has 2 aromatic heterocycles. The third kappa shape index (κ3) is 3.35. The van der Waals surface area contributed by atoms with E-state index in [2.05, 4.69) is 20.4 Å². The predicted octanol–water partition coefficient (Wildman–Crippen LogP) is 2.65. The minimum Gasteiger partial charge on any atom is -0.465 e. The average molecular weight is 354 g/mol. The summed E-state index contributed by atoms with van der Waals surface area (Å²) < 4.78 is 5.65. The highest BCUT2D eigenvalue weighted by Gasteiger charge is 2.46. The van der Waals surface area contributed by atoms with E-state index >= 15 is 0 Å². The van der Waals surface area contributed by atoms with Gasteiger partial charge in [-0.05, 0) is 38.1 Å². The Hall–Kier alpha value is -2.67. The van der Waals surface area contributed by atoms with Crippen molar-refractivity contribution in [3.8, 4) is 0 Å². The number of rotatable bonds is 4. The third-order valence-electron chi connectivity index (χ3n) is 4.93. The Kier molecular flexibility index (Phi) is 4.24. The van der Waals surface area contributed by atoms with Gasteiger partial charge in [0.05, 0.1) is 17.9 Å². The van der Waals surface area contributed by atoms with E-state index in [1.807, 2.05) is 32.0 Å². The number of oxime groups is 1. The molecule has 0 saturated carbocycles. The van der Waals surface area contributed by atoms with Crippen LogP contribution in [0.15, 0.2) is 40.0 Å². The number of aromatic nitrogens is 1. The van der Waals surface area contributed by atoms with Crippen LogP contribution in [0.3, 0.4) is 0 Å². The first-order valence-electron chi connectivity index (χ1n) is 8.79. The SMILES string of the molecule is Cc1ccc(CN2CC[C@]3(CC(C(=O)Nc4cccnc4C)=NO3)C2)o1. The van der Waals surface area contributed by atoms with Crippen LogP contribution in [0.25, 0.3) is 0 Å². The van der Waals surface area contributed by atoms with E-state index in [4.69, 9.17) is 9.25 Å². The van der Waals surface area contributed by atoms with E-state index in [-0.39, 0.29) is 5.91 Å². The maximum atomic E-state index is 12.5. The number of carbonyl (C=O) groups is 1. The van der Waals surface area contributed by atoms with E-state index in [0.717, 1.165) is 43.3 Å². The third-order valence-corrected chi connectivity index (χ3v) is 4.93. The fraction of sp³-hybridized carbons (Fsp3) is 0.421. The number of likely N-dealkylation sites (tertiary alicyclic amines) is 1. The molecule has 2 aliphatic heterocycles. The van der Waals surface area contributed by atoms with Crippen molar-refractivity contribution >= 4 is 17.3 Å². The summed E-state index contributed by atoms with van der Waals surface area (Å²) in [6, 6.07) is 7.60. The van der Waals surface area contributed by atoms with E-state index < -0.39 is 5.60 Å². The lowest BCUT2D eigenvalue weighted by Crippen LogP contribution is -2.35. The molecule has 0 radical (unpaired) electrons. The molecule has 4 heterocycles. The van der Waals surface area contributed by atoms with Crippen molar-refractivity contribution in [1.82, 2.24) is 9.88 Å². The van der Waals surface area contributed by atoms with Crippen molar-refractivity contribution < 1.29 is 14.0 Å². The topological polar surface area (TPSA) is 80.0 Å². The molecule has 1 spiro atoms. The van der Waals surface area contributed by atoms with Gasteiger partial charge in [-0.25, -0.2) is 0 Å². The molecule has 1 N–H and O–H groups in total. The monoisotopic (exact) mass is 354 g/mol. The second-order valence-electron chi connectivity index (χ2n) is 7.05. The summed E-state index contributed by atoms with van der Waals surface area (Å²) in [6.07, 6.45) is 3.06. The lowest BCUT2D eigenvalue weighted by molar-refractivity contribution is -0.110. The van der Waals surface area contributed by atoms with Crippen molar-refractivity contribution in [1.29, 1.82) is 0 Å². The molecule has 0 aliphatic carbocycles. The van der Waals surface area contributed by atoms with Gasteiger partial charge in [-0.15, -0.1) is 0 Å². The number of aryl methyl sites for hydroxylation is 2. The van der Waals surface area contributed by atoms with Gasteiger partial charge in [0.15, 0.2) is 5.60 Å². The lowest BCUT2D eigenvalue weighted by Gasteiger charge is -2.21. The standard InChI is InChI=1S/C19H22N4O3/c1-13-5-6-15(25-13)11-23-9-7-19(12-23)10-17(22-26-19)18(24)21-16-4-3-8-20-14(16)2/h3-6,8H,7,9-12H2,1-2H3,(H,21,24)/t19-/m0/s1. The Morgan fingerprint density at radius 3 is 3.00 bits per heavy atom. The summed E-state index contributed by atoms with van der Waals surface area (Å²) in [5.74, 6) is 1.64. The second kappa shape index (κ2) is 6.57. The van der Waals surface area contributed by atoms with E-state index in [1.165, 1.54) is 0 Å². The van der Waals surface area contributed by atoms with Crippen LogP contribution in [-0.4, -0.2) is 40.2 Å². The molecule has 2 aromatic rings. The van der Waals surface area contributed by atoms with Crippen molar-refractivity contribution in [3.05, 3.63) is 47.7 Å². The summed E-state index contributed by atoms with van der Waals surface area (Å²) in [7, 11) is 0. The zero-order chi connectivity index (χ0) is 18.1. The Morgan fingerprint density at radius 2 is 2.23 bits per heavy atom. The maximum absolute atomic E-state index is 12.5. The number of amides is 1. The van der Waals surface area contributed by atoms with Gasteiger partial charge in [0.1, 0.15) is 17.2 Å². The first-order chi connectivity index (χ1) is 12.5. The fourth-order valence-corrected chi connectivity index (χ4v) is 3.53. The van der Waals surface area contributed by atoms with Crippen LogP contribution in [0.2, 0.25) is 0 Å². The largest absolute Gasteiger partial charge is 0.465 e. The molecule has 0 aromatic carbocycles. The molecule has 7 heteroatoms. The molecule has 2 aliphatic rings. The summed E-state index contributed by atoms with van der Waals surface area (Å²) in [4.78, 5) is 24.7. The van der Waals surface area contributed by atoms with Crippen LogP contribution < -0.4 is 5.32 Å². The quantitative estimate of drug-likeness (QED) is 0.913. The van der Waals surface area contributed by atoms with Gasteiger partial charge in [-0.1, -0.05) is 5.16 Å². The molecular formula is C19H22N4O3. The van der Waals surface area contributed by atoms with E-state index in [0.29, 0.717) is 17.8 Å². The number of carbonyl (C=O) groups excluding carboxylic acids is 1. The zero-order valence-electron chi connectivity index (χ0n) is 15.0. The normalized spacial score (nSPS) is 22.5. The first-order valence-corrected chi connectivity index (χ1v) is 8.79. The summed E-state index contributed by atoms with van der Waals surface area (Å²) >= 11 is 0. The van der Waals surface area contributed by atoms with Gasteiger partial charge in [0.25, 0.3) is 5.91 Å². The molecule has 136 valence electrons. The molecular weight excluding hydrogens is 332 g/mol. The number of hydrogen-bond donors (Lipinski definition) is 1. The average Bonchev–Trinajstić information content (AvgIpc) is 3.32. The highest BCUT2D eigenvalue weighted by atomic mass is 16.7. The Balaban J connectivity index is 1.35. The van der Waals surface area contributed by atoms with Crippen LogP contribution in [-0.2, 0) is 16.2 Å². The van der Waals surface area contributed by atoms with E-state index in [1.54, 1.807) is 12.3 Å². The molecule has 1 atom stereocenters. The number of furan rings is 1. The molecule has 0 bridgehead atoms. The van der Waals surface area contributed by atoms with Crippen molar-refractivity contribution in [2.24, 2.45) is 5.16 Å². The summed E-state index contributed by atoms with van der Waals surface area (Å²) in [5, 5.41) is 6.95. The summed E-state index contributed by atoms with van der Waals surface area (Å²) in [6.45, 7) is 6.17. The van der Waals surface area contributed by atoms with Crippen molar-refractivity contribution in [2.45, 2.75) is 38.8 Å². The molecule has 0 unspecified atom stereocenters. The fourth-order valence-electron chi connectivity index (χ4n) is 3.53. The van der Waals surface area contributed by atoms with Gasteiger partial charge >= 0.3 is 0 Å². The highest BCUT2D eigenvalue weighted by molar-refractivity contribution is 6.43. The molecule has 7 nitrogen and oxygen atoms in total. The van der Waals surface area contributed by atoms with Gasteiger partial charge in [0.2, 0.25) is 0 Å². The van der Waals surface area contributed by atoms with Gasteiger partial charge in [0, 0.05) is 32.1 Å². The number of nitrogens with one attached hydrogen (secondary N) is 1. The molecule has 1 saturated heterocycles. The van der Waals surface area contributed by atoms with Crippen LogP contribution >= 0.6 is 0 Å². The number of anilines is 1. The predicted molar refractivity (Wildman–Crippen MR) is 96.8 cm³/mol.